The lowest BCUT2D eigenvalue weighted by molar-refractivity contribution is -2.00. The fourth-order valence-electron chi connectivity index (χ4n) is 2.50. The van der Waals surface area contributed by atoms with E-state index in [1.807, 2.05) is 27.7 Å². The van der Waals surface area contributed by atoms with Gasteiger partial charge in [0.05, 0.1) is 4.90 Å². The highest BCUT2D eigenvalue weighted by Crippen LogP contribution is 2.13. The molecule has 0 unspecified atom stereocenters. The SMILES string of the molecule is Cc1ccc(S(=O)(=O)OCC[n+]2c(C)cc(C)cc2C)cc1.[O-][Cl+3]([O-])([O-])[O-]. The summed E-state index contributed by atoms with van der Waals surface area (Å²) < 4.78 is 65.4. The maximum absolute atomic E-state index is 12.1. The largest absolute Gasteiger partial charge is 0.297 e. The standard InChI is InChI=1S/C17H22NO3S.ClHO4/c1-13-5-7-17(8-6-13)22(19,20)21-10-9-18-15(3)11-14(2)12-16(18)4;2-1(3,4)5/h5-8,11-12H,9-10H2,1-4H3;(H,2,3,4,5)/q+1;/p-1. The first-order valence-electron chi connectivity index (χ1n) is 7.85. The van der Waals surface area contributed by atoms with Gasteiger partial charge in [-0.2, -0.15) is 13.0 Å². The van der Waals surface area contributed by atoms with E-state index in [2.05, 4.69) is 16.7 Å². The van der Waals surface area contributed by atoms with Gasteiger partial charge in [0.15, 0.2) is 17.9 Å². The molecule has 0 aliphatic carbocycles. The zero-order valence-corrected chi connectivity index (χ0v) is 17.0. The zero-order chi connectivity index (χ0) is 20.8. The Kier molecular flexibility index (Phi) is 8.30. The lowest BCUT2D eigenvalue weighted by Gasteiger charge is -2.17. The Morgan fingerprint density at radius 1 is 0.889 bits per heavy atom. The Bertz CT molecular complexity index is 833. The smallest absolute Gasteiger partial charge is 0.260 e. The van der Waals surface area contributed by atoms with Gasteiger partial charge in [0.2, 0.25) is 0 Å². The first kappa shape index (κ1) is 23.4. The summed E-state index contributed by atoms with van der Waals surface area (Å²) in [5.41, 5.74) is 4.39. The second-order valence-corrected chi connectivity index (χ2v) is 8.31. The van der Waals surface area contributed by atoms with Gasteiger partial charge in [-0.1, -0.05) is 17.7 Å². The fourth-order valence-corrected chi connectivity index (χ4v) is 3.40. The molecule has 10 heteroatoms. The minimum atomic E-state index is -4.94. The molecule has 0 saturated carbocycles. The Balaban J connectivity index is 0.000000646. The predicted octanol–water partition coefficient (Wildman–Crippen LogP) is -2.14. The Labute approximate surface area is 161 Å². The van der Waals surface area contributed by atoms with E-state index in [1.54, 1.807) is 24.3 Å². The van der Waals surface area contributed by atoms with Crippen LogP contribution in [0.1, 0.15) is 22.5 Å². The maximum atomic E-state index is 12.1. The van der Waals surface area contributed by atoms with E-state index in [1.165, 1.54) is 5.56 Å². The van der Waals surface area contributed by atoms with E-state index in [4.69, 9.17) is 22.8 Å². The molecule has 0 N–H and O–H groups in total. The van der Waals surface area contributed by atoms with Gasteiger partial charge in [-0.05, 0) is 31.5 Å². The van der Waals surface area contributed by atoms with Gasteiger partial charge in [-0.15, -0.1) is 10.2 Å². The van der Waals surface area contributed by atoms with Crippen molar-refractivity contribution in [2.75, 3.05) is 6.61 Å². The van der Waals surface area contributed by atoms with Gasteiger partial charge >= 0.3 is 0 Å². The summed E-state index contributed by atoms with van der Waals surface area (Å²) >= 11 is 0. The van der Waals surface area contributed by atoms with Crippen LogP contribution in [0.15, 0.2) is 41.3 Å². The Morgan fingerprint density at radius 3 is 1.78 bits per heavy atom. The third-order valence-corrected chi connectivity index (χ3v) is 4.91. The lowest BCUT2D eigenvalue weighted by atomic mass is 10.2. The van der Waals surface area contributed by atoms with Crippen LogP contribution >= 0.6 is 0 Å². The molecule has 0 radical (unpaired) electrons. The van der Waals surface area contributed by atoms with E-state index in [9.17, 15) is 8.42 Å². The van der Waals surface area contributed by atoms with Crippen LogP contribution in [-0.2, 0) is 20.8 Å². The molecule has 0 fully saturated rings. The highest BCUT2D eigenvalue weighted by molar-refractivity contribution is 7.86. The number of benzene rings is 1. The van der Waals surface area contributed by atoms with Crippen LogP contribution in [0.25, 0.3) is 0 Å². The van der Waals surface area contributed by atoms with Crippen molar-refractivity contribution in [3.05, 3.63) is 58.9 Å². The van der Waals surface area contributed by atoms with E-state index >= 15 is 0 Å². The minimum Gasteiger partial charge on any atom is -0.260 e. The summed E-state index contributed by atoms with van der Waals surface area (Å²) in [6, 6.07) is 10.8. The van der Waals surface area contributed by atoms with Gasteiger partial charge in [0.1, 0.15) is 6.61 Å². The molecule has 0 saturated heterocycles. The number of hydrogen-bond donors (Lipinski definition) is 0. The van der Waals surface area contributed by atoms with Gasteiger partial charge in [0.25, 0.3) is 10.1 Å². The van der Waals surface area contributed by atoms with Crippen molar-refractivity contribution in [2.45, 2.75) is 39.1 Å². The summed E-state index contributed by atoms with van der Waals surface area (Å²) in [7, 11) is -8.64. The van der Waals surface area contributed by atoms with Gasteiger partial charge < -0.3 is 0 Å². The molecule has 0 aliphatic rings. The molecule has 2 rings (SSSR count). The average molecular weight is 420 g/mol. The Hall–Kier alpha value is -1.59. The number of rotatable bonds is 5. The molecular weight excluding hydrogens is 398 g/mol. The van der Waals surface area contributed by atoms with Crippen LogP contribution in [-0.4, -0.2) is 15.0 Å². The molecule has 27 heavy (non-hydrogen) atoms. The second kappa shape index (κ2) is 9.56. The number of aromatic nitrogens is 1. The summed E-state index contributed by atoms with van der Waals surface area (Å²) in [6.07, 6.45) is 0. The minimum absolute atomic E-state index is 0.117. The topological polar surface area (TPSA) is 139 Å². The van der Waals surface area contributed by atoms with Crippen molar-refractivity contribution in [2.24, 2.45) is 0 Å². The summed E-state index contributed by atoms with van der Waals surface area (Å²) in [4.78, 5) is 0.195. The summed E-state index contributed by atoms with van der Waals surface area (Å²) in [5, 5.41) is 0. The van der Waals surface area contributed by atoms with E-state index in [-0.39, 0.29) is 11.5 Å². The van der Waals surface area contributed by atoms with Crippen molar-refractivity contribution >= 4 is 10.1 Å². The molecule has 0 aliphatic heterocycles. The van der Waals surface area contributed by atoms with Crippen LogP contribution in [0.5, 0.6) is 0 Å². The first-order valence-corrected chi connectivity index (χ1v) is 10.5. The van der Waals surface area contributed by atoms with Gasteiger partial charge in [0, 0.05) is 26.0 Å². The number of pyridine rings is 1. The number of aryl methyl sites for hydroxylation is 4. The Morgan fingerprint density at radius 2 is 1.33 bits per heavy atom. The van der Waals surface area contributed by atoms with E-state index in [0.717, 1.165) is 17.0 Å². The van der Waals surface area contributed by atoms with Gasteiger partial charge in [-0.25, -0.2) is 18.6 Å². The van der Waals surface area contributed by atoms with E-state index in [0.29, 0.717) is 6.54 Å². The van der Waals surface area contributed by atoms with Crippen molar-refractivity contribution in [3.8, 4) is 0 Å². The van der Waals surface area contributed by atoms with Crippen LogP contribution in [0.2, 0.25) is 0 Å². The third-order valence-electron chi connectivity index (χ3n) is 3.59. The van der Waals surface area contributed by atoms with Crippen molar-refractivity contribution < 1.29 is 46.0 Å². The molecule has 150 valence electrons. The molecular formula is C17H22ClNO7S. The molecule has 1 aromatic heterocycles. The molecule has 0 amide bonds. The molecule has 2 aromatic rings. The summed E-state index contributed by atoms with van der Waals surface area (Å²) in [6.45, 7) is 8.59. The zero-order valence-electron chi connectivity index (χ0n) is 15.5. The fraction of sp³-hybridized carbons (Fsp3) is 0.353. The quantitative estimate of drug-likeness (QED) is 0.397. The number of halogens is 1. The van der Waals surface area contributed by atoms with Crippen LogP contribution in [0.3, 0.4) is 0 Å². The molecule has 0 bridgehead atoms. The van der Waals surface area contributed by atoms with Crippen molar-refractivity contribution in [1.29, 1.82) is 0 Å². The summed E-state index contributed by atoms with van der Waals surface area (Å²) in [5.74, 6) is 0. The highest BCUT2D eigenvalue weighted by Gasteiger charge is 2.17. The average Bonchev–Trinajstić information content (AvgIpc) is 2.48. The number of nitrogens with zero attached hydrogens (tertiary/aromatic N) is 1. The van der Waals surface area contributed by atoms with Crippen LogP contribution in [0.4, 0.5) is 0 Å². The number of hydrogen-bond acceptors (Lipinski definition) is 7. The normalized spacial score (nSPS) is 11.7. The third kappa shape index (κ3) is 8.76. The second-order valence-electron chi connectivity index (χ2n) is 5.93. The van der Waals surface area contributed by atoms with Crippen LogP contribution < -0.4 is 23.2 Å². The van der Waals surface area contributed by atoms with Crippen molar-refractivity contribution in [3.63, 3.8) is 0 Å². The molecule has 1 heterocycles. The molecule has 0 atom stereocenters. The van der Waals surface area contributed by atoms with Crippen LogP contribution in [0, 0.1) is 37.9 Å². The molecule has 0 spiro atoms. The molecule has 1 aromatic carbocycles. The maximum Gasteiger partial charge on any atom is 0.297 e. The first-order chi connectivity index (χ1) is 12.3. The van der Waals surface area contributed by atoms with Gasteiger partial charge in [-0.3, -0.25) is 4.18 Å². The monoisotopic (exact) mass is 419 g/mol. The van der Waals surface area contributed by atoms with Crippen molar-refractivity contribution in [1.82, 2.24) is 0 Å². The molecule has 8 nitrogen and oxygen atoms in total. The highest BCUT2D eigenvalue weighted by atomic mass is 35.7. The predicted molar refractivity (Wildman–Crippen MR) is 85.2 cm³/mol. The van der Waals surface area contributed by atoms with E-state index < -0.39 is 20.4 Å². The lowest BCUT2D eigenvalue weighted by Crippen LogP contribution is -2.68.